The first-order valence-corrected chi connectivity index (χ1v) is 3.09. The van der Waals surface area contributed by atoms with Gasteiger partial charge in [-0.2, -0.15) is 0 Å². The lowest BCUT2D eigenvalue weighted by molar-refractivity contribution is 0.361. The standard InChI is InChI=1S/C2H9NOSi.H3N/c1-2-4-5-3;/h2-3,5H2,1H3;1H3. The van der Waals surface area contributed by atoms with Crippen molar-refractivity contribution in [2.75, 3.05) is 6.61 Å². The third-order valence-corrected chi connectivity index (χ3v) is 0.966. The van der Waals surface area contributed by atoms with Crippen LogP contribution in [-0.4, -0.2) is 16.5 Å². The summed E-state index contributed by atoms with van der Waals surface area (Å²) < 4.78 is 4.75. The molecule has 0 saturated heterocycles. The molecule has 6 heavy (non-hydrogen) atoms. The van der Waals surface area contributed by atoms with Gasteiger partial charge in [0.1, 0.15) is 0 Å². The van der Waals surface area contributed by atoms with E-state index in [0.29, 0.717) is 0 Å². The summed E-state index contributed by atoms with van der Waals surface area (Å²) in [6.45, 7) is 2.72. The average molecular weight is 108 g/mol. The van der Waals surface area contributed by atoms with E-state index in [-0.39, 0.29) is 6.15 Å². The van der Waals surface area contributed by atoms with Crippen molar-refractivity contribution in [3.8, 4) is 0 Å². The predicted octanol–water partition coefficient (Wildman–Crippen LogP) is -0.858. The van der Waals surface area contributed by atoms with Gasteiger partial charge < -0.3 is 16.0 Å². The molecular formula is C2H12N2OSi. The Morgan fingerprint density at radius 3 is 2.33 bits per heavy atom. The SMILES string of the molecule is CCO[SiH2]N.N. The summed E-state index contributed by atoms with van der Waals surface area (Å²) in [6, 6.07) is 0. The van der Waals surface area contributed by atoms with Gasteiger partial charge in [-0.15, -0.1) is 0 Å². The van der Waals surface area contributed by atoms with Crippen molar-refractivity contribution < 1.29 is 4.43 Å². The van der Waals surface area contributed by atoms with Gasteiger partial charge in [0.05, 0.1) is 0 Å². The highest BCUT2D eigenvalue weighted by Gasteiger charge is 1.65. The molecule has 0 aliphatic carbocycles. The van der Waals surface area contributed by atoms with Gasteiger partial charge >= 0.3 is 0 Å². The highest BCUT2D eigenvalue weighted by atomic mass is 28.2. The summed E-state index contributed by atoms with van der Waals surface area (Å²) >= 11 is 0. The summed E-state index contributed by atoms with van der Waals surface area (Å²) in [5.74, 6) is 0. The van der Waals surface area contributed by atoms with Gasteiger partial charge in [-0.05, 0) is 6.92 Å². The Labute approximate surface area is 40.5 Å². The molecule has 0 aromatic carbocycles. The second kappa shape index (κ2) is 8.92. The molecule has 0 aromatic rings. The van der Waals surface area contributed by atoms with Gasteiger partial charge in [0.2, 0.25) is 9.92 Å². The minimum atomic E-state index is -0.586. The molecule has 0 spiro atoms. The lowest BCUT2D eigenvalue weighted by Crippen LogP contribution is -2.08. The van der Waals surface area contributed by atoms with E-state index in [0.717, 1.165) is 6.61 Å². The normalized spacial score (nSPS) is 9.00. The molecule has 0 heterocycles. The zero-order chi connectivity index (χ0) is 4.12. The van der Waals surface area contributed by atoms with Gasteiger partial charge in [0, 0.05) is 6.61 Å². The summed E-state index contributed by atoms with van der Waals surface area (Å²) in [5.41, 5.74) is 0. The molecule has 0 aromatic heterocycles. The highest BCUT2D eigenvalue weighted by Crippen LogP contribution is 1.55. The maximum absolute atomic E-state index is 5.06. The second-order valence-corrected chi connectivity index (χ2v) is 1.40. The van der Waals surface area contributed by atoms with Crippen LogP contribution in [0, 0.1) is 0 Å². The Morgan fingerprint density at radius 2 is 2.33 bits per heavy atom. The van der Waals surface area contributed by atoms with E-state index in [1.807, 2.05) is 6.92 Å². The molecule has 0 amide bonds. The fourth-order valence-corrected chi connectivity index (χ4v) is 0.354. The van der Waals surface area contributed by atoms with Crippen molar-refractivity contribution in [2.24, 2.45) is 5.40 Å². The first kappa shape index (κ1) is 9.44. The maximum Gasteiger partial charge on any atom is 0.233 e. The van der Waals surface area contributed by atoms with E-state index in [4.69, 9.17) is 9.83 Å². The maximum atomic E-state index is 5.06. The predicted molar refractivity (Wildman–Crippen MR) is 29.4 cm³/mol. The van der Waals surface area contributed by atoms with Crippen LogP contribution < -0.4 is 11.5 Å². The van der Waals surface area contributed by atoms with Crippen molar-refractivity contribution in [1.29, 1.82) is 0 Å². The molecule has 3 nitrogen and oxygen atoms in total. The first-order valence-electron chi connectivity index (χ1n) is 1.69. The molecule has 0 atom stereocenters. The molecule has 40 valence electrons. The van der Waals surface area contributed by atoms with Crippen molar-refractivity contribution in [2.45, 2.75) is 6.92 Å². The Balaban J connectivity index is 0. The minimum Gasteiger partial charge on any atom is -0.409 e. The number of hydrogen-bond donors (Lipinski definition) is 2. The van der Waals surface area contributed by atoms with Crippen LogP contribution in [0.3, 0.4) is 0 Å². The van der Waals surface area contributed by atoms with Crippen molar-refractivity contribution in [3.63, 3.8) is 0 Å². The fourth-order valence-electron chi connectivity index (χ4n) is 0.118. The smallest absolute Gasteiger partial charge is 0.233 e. The topological polar surface area (TPSA) is 70.2 Å². The summed E-state index contributed by atoms with van der Waals surface area (Å²) in [4.78, 5) is 0. The summed E-state index contributed by atoms with van der Waals surface area (Å²) in [5, 5.41) is 5.06. The summed E-state index contributed by atoms with van der Waals surface area (Å²) in [7, 11) is -0.586. The average Bonchev–Trinajstić information content (AvgIpc) is 1.41. The molecule has 0 unspecified atom stereocenters. The van der Waals surface area contributed by atoms with Crippen LogP contribution >= 0.6 is 0 Å². The minimum absolute atomic E-state index is 0. The van der Waals surface area contributed by atoms with E-state index < -0.39 is 9.92 Å². The molecule has 0 bridgehead atoms. The second-order valence-electron chi connectivity index (χ2n) is 0.659. The summed E-state index contributed by atoms with van der Waals surface area (Å²) in [6.07, 6.45) is 0. The van der Waals surface area contributed by atoms with Crippen molar-refractivity contribution >= 4 is 9.92 Å². The molecule has 0 saturated carbocycles. The molecule has 0 rings (SSSR count). The zero-order valence-electron chi connectivity index (χ0n) is 4.11. The lowest BCUT2D eigenvalue weighted by atomic mass is 10.9. The molecular weight excluding hydrogens is 96.1 g/mol. The molecule has 0 fully saturated rings. The Morgan fingerprint density at radius 1 is 1.83 bits per heavy atom. The molecule has 0 aliphatic heterocycles. The largest absolute Gasteiger partial charge is 0.409 e. The lowest BCUT2D eigenvalue weighted by Gasteiger charge is -1.86. The van der Waals surface area contributed by atoms with Gasteiger partial charge in [0.15, 0.2) is 0 Å². The van der Waals surface area contributed by atoms with Crippen LogP contribution in [0.5, 0.6) is 0 Å². The van der Waals surface area contributed by atoms with Crippen LogP contribution in [0.4, 0.5) is 0 Å². The third-order valence-electron chi connectivity index (χ3n) is 0.322. The third kappa shape index (κ3) is 8.94. The number of nitrogens with two attached hydrogens (primary N) is 1. The Hall–Kier alpha value is 0.0969. The Kier molecular flexibility index (Phi) is 14.0. The highest BCUT2D eigenvalue weighted by molar-refractivity contribution is 6.21. The van der Waals surface area contributed by atoms with Gasteiger partial charge in [-0.3, -0.25) is 0 Å². The van der Waals surface area contributed by atoms with E-state index >= 15 is 0 Å². The van der Waals surface area contributed by atoms with E-state index in [1.165, 1.54) is 0 Å². The van der Waals surface area contributed by atoms with Crippen LogP contribution in [0.25, 0.3) is 0 Å². The van der Waals surface area contributed by atoms with Crippen LogP contribution in [0.1, 0.15) is 6.92 Å². The Bertz CT molecular complexity index is 19.0. The van der Waals surface area contributed by atoms with Crippen LogP contribution in [0.15, 0.2) is 0 Å². The van der Waals surface area contributed by atoms with E-state index in [2.05, 4.69) is 0 Å². The fraction of sp³-hybridized carbons (Fsp3) is 1.00. The van der Waals surface area contributed by atoms with Gasteiger partial charge in [-0.25, -0.2) is 0 Å². The molecule has 5 N–H and O–H groups in total. The quantitative estimate of drug-likeness (QED) is 0.452. The van der Waals surface area contributed by atoms with E-state index in [1.54, 1.807) is 0 Å². The van der Waals surface area contributed by atoms with Gasteiger partial charge in [0.25, 0.3) is 0 Å². The van der Waals surface area contributed by atoms with Crippen molar-refractivity contribution in [3.05, 3.63) is 0 Å². The molecule has 0 aliphatic rings. The monoisotopic (exact) mass is 108 g/mol. The molecule has 0 radical (unpaired) electrons. The number of rotatable bonds is 2. The van der Waals surface area contributed by atoms with Crippen molar-refractivity contribution in [1.82, 2.24) is 6.15 Å². The van der Waals surface area contributed by atoms with Crippen LogP contribution in [-0.2, 0) is 4.43 Å². The van der Waals surface area contributed by atoms with Crippen LogP contribution in [0.2, 0.25) is 0 Å². The first-order chi connectivity index (χ1) is 2.41. The van der Waals surface area contributed by atoms with E-state index in [9.17, 15) is 0 Å². The van der Waals surface area contributed by atoms with Gasteiger partial charge in [-0.1, -0.05) is 0 Å². The zero-order valence-corrected chi connectivity index (χ0v) is 5.52. The molecule has 4 heteroatoms. The number of hydrogen-bond acceptors (Lipinski definition) is 3.